The molecule has 0 saturated heterocycles. The maximum Gasteiger partial charge on any atom is 0.454 e. The lowest BCUT2D eigenvalue weighted by molar-refractivity contribution is 0.212. The summed E-state index contributed by atoms with van der Waals surface area (Å²) in [6.45, 7) is 0. The van der Waals surface area contributed by atoms with Gasteiger partial charge in [0.15, 0.2) is 0 Å². The maximum absolute atomic E-state index is 10.6. The van der Waals surface area contributed by atoms with Crippen molar-refractivity contribution >= 4 is 16.6 Å². The van der Waals surface area contributed by atoms with Gasteiger partial charge in [-0.1, -0.05) is 22.6 Å². The van der Waals surface area contributed by atoms with Crippen molar-refractivity contribution in [3.8, 4) is 5.75 Å². The van der Waals surface area contributed by atoms with Gasteiger partial charge in [0.05, 0.1) is 0 Å². The van der Waals surface area contributed by atoms with Gasteiger partial charge in [0.2, 0.25) is 0 Å². The average molecular weight is 199 g/mol. The molecule has 5 nitrogen and oxygen atoms in total. The third kappa shape index (κ3) is 3.48. The van der Waals surface area contributed by atoms with Gasteiger partial charge in [-0.15, -0.1) is 0 Å². The molecule has 1 amide bonds. The van der Waals surface area contributed by atoms with Crippen molar-refractivity contribution in [2.24, 2.45) is 4.36 Å². The van der Waals surface area contributed by atoms with Gasteiger partial charge < -0.3 is 4.74 Å². The van der Waals surface area contributed by atoms with Gasteiger partial charge in [0.1, 0.15) is 5.75 Å². The highest BCUT2D eigenvalue weighted by molar-refractivity contribution is 7.62. The number of hydrogen-bond donors (Lipinski definition) is 0. The summed E-state index contributed by atoms with van der Waals surface area (Å²) < 4.78 is 27.0. The Kier molecular flexibility index (Phi) is 3.15. The van der Waals surface area contributed by atoms with Crippen LogP contribution in [0, 0.1) is 0 Å². The fourth-order valence-electron chi connectivity index (χ4n) is 0.669. The first-order valence-corrected chi connectivity index (χ1v) is 4.29. The van der Waals surface area contributed by atoms with Gasteiger partial charge in [0.25, 0.3) is 0 Å². The van der Waals surface area contributed by atoms with Crippen LogP contribution in [-0.2, 0) is 10.5 Å². The number of carbonyl (C=O) groups is 1. The molecule has 1 aromatic rings. The Labute approximate surface area is 75.7 Å². The minimum Gasteiger partial charge on any atom is -0.408 e. The summed E-state index contributed by atoms with van der Waals surface area (Å²) >= 11 is 0. The standard InChI is InChI=1S/C7H5NO4S/c9-7(8-13(10)11)12-6-4-2-1-3-5-6/h1-5H. The van der Waals surface area contributed by atoms with Crippen LogP contribution in [0.1, 0.15) is 0 Å². The zero-order chi connectivity index (χ0) is 9.68. The first-order valence-electron chi connectivity index (χ1n) is 3.26. The Morgan fingerprint density at radius 3 is 2.38 bits per heavy atom. The van der Waals surface area contributed by atoms with Crippen molar-refractivity contribution in [3.05, 3.63) is 30.3 Å². The van der Waals surface area contributed by atoms with E-state index in [-0.39, 0.29) is 5.75 Å². The molecular weight excluding hydrogens is 194 g/mol. The van der Waals surface area contributed by atoms with Crippen molar-refractivity contribution in [1.29, 1.82) is 0 Å². The van der Waals surface area contributed by atoms with E-state index in [9.17, 15) is 13.2 Å². The Morgan fingerprint density at radius 2 is 1.85 bits per heavy atom. The zero-order valence-electron chi connectivity index (χ0n) is 6.38. The Balaban J connectivity index is 2.72. The van der Waals surface area contributed by atoms with Crippen molar-refractivity contribution < 1.29 is 17.9 Å². The quantitative estimate of drug-likeness (QED) is 0.682. The molecule has 1 aromatic carbocycles. The predicted octanol–water partition coefficient (Wildman–Crippen LogP) is 1.25. The number of para-hydroxylation sites is 1. The van der Waals surface area contributed by atoms with E-state index in [0.717, 1.165) is 0 Å². The summed E-state index contributed by atoms with van der Waals surface area (Å²) in [7, 11) is -2.77. The van der Waals surface area contributed by atoms with Crippen LogP contribution in [0.3, 0.4) is 0 Å². The Bertz CT molecular complexity index is 415. The molecule has 0 saturated carbocycles. The molecule has 0 atom stereocenters. The van der Waals surface area contributed by atoms with Crippen LogP contribution < -0.4 is 4.74 Å². The Hall–Kier alpha value is -1.69. The fourth-order valence-corrected chi connectivity index (χ4v) is 0.828. The van der Waals surface area contributed by atoms with E-state index < -0.39 is 16.6 Å². The first kappa shape index (κ1) is 9.40. The molecule has 1 rings (SSSR count). The summed E-state index contributed by atoms with van der Waals surface area (Å²) in [5, 5.41) is 0. The SMILES string of the molecule is O=C(N=S(=O)=O)Oc1ccccc1. The smallest absolute Gasteiger partial charge is 0.408 e. The van der Waals surface area contributed by atoms with Gasteiger partial charge in [0, 0.05) is 0 Å². The maximum atomic E-state index is 10.6. The van der Waals surface area contributed by atoms with Gasteiger partial charge in [-0.3, -0.25) is 0 Å². The van der Waals surface area contributed by atoms with Gasteiger partial charge in [-0.25, -0.2) is 4.79 Å². The minimum atomic E-state index is -2.77. The molecule has 13 heavy (non-hydrogen) atoms. The van der Waals surface area contributed by atoms with E-state index in [1.807, 2.05) is 0 Å². The lowest BCUT2D eigenvalue weighted by Gasteiger charge is -1.96. The van der Waals surface area contributed by atoms with Crippen molar-refractivity contribution in [2.75, 3.05) is 0 Å². The van der Waals surface area contributed by atoms with E-state index in [4.69, 9.17) is 0 Å². The van der Waals surface area contributed by atoms with Crippen LogP contribution >= 0.6 is 0 Å². The van der Waals surface area contributed by atoms with Gasteiger partial charge >= 0.3 is 16.6 Å². The molecule has 0 radical (unpaired) electrons. The molecule has 0 aliphatic rings. The van der Waals surface area contributed by atoms with Gasteiger partial charge in [-0.2, -0.15) is 8.42 Å². The van der Waals surface area contributed by atoms with Gasteiger partial charge in [-0.05, 0) is 12.1 Å². The third-order valence-corrected chi connectivity index (χ3v) is 1.40. The molecule has 0 spiro atoms. The highest BCUT2D eigenvalue weighted by atomic mass is 32.2. The molecule has 0 aromatic heterocycles. The number of carbonyl (C=O) groups excluding carboxylic acids is 1. The second-order valence-electron chi connectivity index (χ2n) is 1.99. The number of nitrogens with zero attached hydrogens (tertiary/aromatic N) is 1. The number of amides is 1. The number of rotatable bonds is 1. The highest BCUT2D eigenvalue weighted by Gasteiger charge is 2.00. The lowest BCUT2D eigenvalue weighted by Crippen LogP contribution is -2.00. The number of benzene rings is 1. The summed E-state index contributed by atoms with van der Waals surface area (Å²) in [6, 6.07) is 8.07. The van der Waals surface area contributed by atoms with E-state index in [1.54, 1.807) is 18.2 Å². The van der Waals surface area contributed by atoms with E-state index in [1.165, 1.54) is 12.1 Å². The molecule has 0 heterocycles. The first-order chi connectivity index (χ1) is 6.18. The van der Waals surface area contributed by atoms with Crippen LogP contribution in [0.15, 0.2) is 34.7 Å². The van der Waals surface area contributed by atoms with Crippen molar-refractivity contribution in [2.45, 2.75) is 0 Å². The van der Waals surface area contributed by atoms with E-state index in [0.29, 0.717) is 0 Å². The number of hydrogen-bond acceptors (Lipinski definition) is 4. The third-order valence-electron chi connectivity index (χ3n) is 1.10. The largest absolute Gasteiger partial charge is 0.454 e. The Morgan fingerprint density at radius 1 is 1.23 bits per heavy atom. The second-order valence-corrected chi connectivity index (χ2v) is 2.61. The molecule has 0 unspecified atom stereocenters. The fraction of sp³-hybridized carbons (Fsp3) is 0. The lowest BCUT2D eigenvalue weighted by atomic mass is 10.3. The molecule has 0 fully saturated rings. The van der Waals surface area contributed by atoms with Crippen LogP contribution in [0.5, 0.6) is 5.75 Å². The van der Waals surface area contributed by atoms with E-state index >= 15 is 0 Å². The normalized spacial score (nSPS) is 8.92. The summed E-state index contributed by atoms with van der Waals surface area (Å²) in [4.78, 5) is 10.6. The molecule has 6 heteroatoms. The molecule has 0 aliphatic carbocycles. The van der Waals surface area contributed by atoms with Crippen molar-refractivity contribution in [3.63, 3.8) is 0 Å². The molecular formula is C7H5NO4S. The second kappa shape index (κ2) is 4.36. The van der Waals surface area contributed by atoms with Crippen LogP contribution in [0.4, 0.5) is 4.79 Å². The van der Waals surface area contributed by atoms with Crippen molar-refractivity contribution in [1.82, 2.24) is 0 Å². The van der Waals surface area contributed by atoms with Crippen LogP contribution in [0.25, 0.3) is 0 Å². The molecule has 0 aliphatic heterocycles. The van der Waals surface area contributed by atoms with Crippen LogP contribution in [-0.4, -0.2) is 14.5 Å². The topological polar surface area (TPSA) is 72.8 Å². The molecule has 68 valence electrons. The summed E-state index contributed by atoms with van der Waals surface area (Å²) in [5.74, 6) is 0.252. The molecule has 0 N–H and O–H groups in total. The highest BCUT2D eigenvalue weighted by Crippen LogP contribution is 2.08. The number of ether oxygens (including phenoxy) is 1. The van der Waals surface area contributed by atoms with E-state index in [2.05, 4.69) is 9.10 Å². The zero-order valence-corrected chi connectivity index (χ0v) is 7.19. The minimum absolute atomic E-state index is 0.252. The predicted molar refractivity (Wildman–Crippen MR) is 43.8 cm³/mol. The monoisotopic (exact) mass is 199 g/mol. The summed E-state index contributed by atoms with van der Waals surface area (Å²) in [5.41, 5.74) is 0. The summed E-state index contributed by atoms with van der Waals surface area (Å²) in [6.07, 6.45) is -1.15. The molecule has 0 bridgehead atoms. The average Bonchev–Trinajstić information content (AvgIpc) is 2.04. The van der Waals surface area contributed by atoms with Crippen LogP contribution in [0.2, 0.25) is 0 Å².